The van der Waals surface area contributed by atoms with E-state index in [1.54, 1.807) is 0 Å². The van der Waals surface area contributed by atoms with Crippen LogP contribution in [0.3, 0.4) is 0 Å². The molecule has 1 rings (SSSR count). The van der Waals surface area contributed by atoms with Crippen LogP contribution in [0.1, 0.15) is 36.1 Å². The van der Waals surface area contributed by atoms with Crippen LogP contribution in [-0.4, -0.2) is 18.1 Å². The van der Waals surface area contributed by atoms with E-state index in [-0.39, 0.29) is 5.69 Å². The second-order valence-corrected chi connectivity index (χ2v) is 2.72. The van der Waals surface area contributed by atoms with Crippen molar-refractivity contribution in [3.63, 3.8) is 0 Å². The summed E-state index contributed by atoms with van der Waals surface area (Å²) in [5, 5.41) is 0. The highest BCUT2D eigenvalue weighted by molar-refractivity contribution is 5.86. The monoisotopic (exact) mass is 183 g/mol. The number of esters is 1. The topological polar surface area (TPSA) is 52.3 Å². The number of methoxy groups -OCH3 is 1. The molecule has 13 heavy (non-hydrogen) atoms. The molecule has 0 unspecified atom stereocenters. The van der Waals surface area contributed by atoms with Gasteiger partial charge < -0.3 is 9.15 Å². The molecule has 0 atom stereocenters. The summed E-state index contributed by atoms with van der Waals surface area (Å²) >= 11 is 0. The van der Waals surface area contributed by atoms with E-state index in [0.29, 0.717) is 5.89 Å². The molecule has 4 heteroatoms. The number of unbranched alkanes of at least 4 members (excludes halogenated alkanes) is 1. The first-order valence-corrected chi connectivity index (χ1v) is 4.30. The number of aromatic nitrogens is 1. The minimum atomic E-state index is -0.452. The Hall–Kier alpha value is -1.32. The molecule has 1 aromatic heterocycles. The normalized spacial score (nSPS) is 10.0. The van der Waals surface area contributed by atoms with Gasteiger partial charge in [-0.25, -0.2) is 9.78 Å². The van der Waals surface area contributed by atoms with Gasteiger partial charge in [0.25, 0.3) is 0 Å². The highest BCUT2D eigenvalue weighted by Crippen LogP contribution is 2.06. The molecular weight excluding hydrogens is 170 g/mol. The third kappa shape index (κ3) is 2.57. The Bertz CT molecular complexity index is 280. The Morgan fingerprint density at radius 1 is 1.69 bits per heavy atom. The lowest BCUT2D eigenvalue weighted by Gasteiger charge is -1.91. The first-order valence-electron chi connectivity index (χ1n) is 4.30. The smallest absolute Gasteiger partial charge is 0.360 e. The third-order valence-electron chi connectivity index (χ3n) is 1.69. The minimum absolute atomic E-state index is 0.244. The molecular formula is C9H13NO3. The zero-order valence-corrected chi connectivity index (χ0v) is 7.87. The van der Waals surface area contributed by atoms with Crippen molar-refractivity contribution in [3.8, 4) is 0 Å². The molecule has 0 radical (unpaired) electrons. The molecule has 0 fully saturated rings. The van der Waals surface area contributed by atoms with Crippen LogP contribution in [0, 0.1) is 0 Å². The predicted octanol–water partition coefficient (Wildman–Crippen LogP) is 1.80. The van der Waals surface area contributed by atoms with Gasteiger partial charge in [-0.2, -0.15) is 0 Å². The summed E-state index contributed by atoms with van der Waals surface area (Å²) in [7, 11) is 1.32. The molecule has 1 aromatic rings. The predicted molar refractivity (Wildman–Crippen MR) is 46.5 cm³/mol. The van der Waals surface area contributed by atoms with Crippen LogP contribution < -0.4 is 0 Å². The summed E-state index contributed by atoms with van der Waals surface area (Å²) in [5.41, 5.74) is 0.244. The van der Waals surface area contributed by atoms with E-state index in [9.17, 15) is 4.79 Å². The summed E-state index contributed by atoms with van der Waals surface area (Å²) < 4.78 is 9.57. The van der Waals surface area contributed by atoms with E-state index in [1.165, 1.54) is 13.4 Å². The van der Waals surface area contributed by atoms with E-state index in [2.05, 4.69) is 16.6 Å². The number of ether oxygens (including phenoxy) is 1. The average Bonchev–Trinajstić information content (AvgIpc) is 2.62. The van der Waals surface area contributed by atoms with E-state index in [4.69, 9.17) is 4.42 Å². The van der Waals surface area contributed by atoms with Gasteiger partial charge in [0, 0.05) is 6.42 Å². The third-order valence-corrected chi connectivity index (χ3v) is 1.69. The number of rotatable bonds is 4. The molecule has 0 aliphatic rings. The van der Waals surface area contributed by atoms with Crippen LogP contribution in [-0.2, 0) is 11.2 Å². The van der Waals surface area contributed by atoms with Gasteiger partial charge in [0.2, 0.25) is 0 Å². The molecule has 0 spiro atoms. The van der Waals surface area contributed by atoms with Crippen LogP contribution >= 0.6 is 0 Å². The van der Waals surface area contributed by atoms with E-state index in [0.717, 1.165) is 19.3 Å². The van der Waals surface area contributed by atoms with Crippen LogP contribution in [0.15, 0.2) is 10.7 Å². The number of nitrogens with zero attached hydrogens (tertiary/aromatic N) is 1. The molecule has 0 bridgehead atoms. The highest BCUT2D eigenvalue weighted by Gasteiger charge is 2.11. The highest BCUT2D eigenvalue weighted by atomic mass is 16.5. The summed E-state index contributed by atoms with van der Waals surface area (Å²) in [6.07, 6.45) is 4.20. The Labute approximate surface area is 76.9 Å². The first-order chi connectivity index (χ1) is 6.27. The van der Waals surface area contributed by atoms with Crippen molar-refractivity contribution >= 4 is 5.97 Å². The van der Waals surface area contributed by atoms with Crippen molar-refractivity contribution in [2.45, 2.75) is 26.2 Å². The molecule has 0 saturated carbocycles. The molecule has 0 aliphatic heterocycles. The first kappa shape index (κ1) is 9.77. The Morgan fingerprint density at radius 2 is 2.46 bits per heavy atom. The lowest BCUT2D eigenvalue weighted by atomic mass is 10.2. The van der Waals surface area contributed by atoms with Crippen molar-refractivity contribution in [3.05, 3.63) is 17.8 Å². The number of carbonyl (C=O) groups is 1. The number of oxazole rings is 1. The van der Waals surface area contributed by atoms with Gasteiger partial charge in [-0.15, -0.1) is 0 Å². The average molecular weight is 183 g/mol. The molecule has 0 aliphatic carbocycles. The summed E-state index contributed by atoms with van der Waals surface area (Å²) in [4.78, 5) is 14.9. The fourth-order valence-corrected chi connectivity index (χ4v) is 0.952. The van der Waals surface area contributed by atoms with Crippen molar-refractivity contribution < 1.29 is 13.9 Å². The molecule has 72 valence electrons. The Morgan fingerprint density at radius 3 is 3.08 bits per heavy atom. The molecule has 0 N–H and O–H groups in total. The number of hydrogen-bond acceptors (Lipinski definition) is 4. The minimum Gasteiger partial charge on any atom is -0.464 e. The van der Waals surface area contributed by atoms with Gasteiger partial charge in [0.1, 0.15) is 6.26 Å². The van der Waals surface area contributed by atoms with Gasteiger partial charge in [-0.05, 0) is 6.42 Å². The summed E-state index contributed by atoms with van der Waals surface area (Å²) in [6, 6.07) is 0. The van der Waals surface area contributed by atoms with Crippen LogP contribution in [0.5, 0.6) is 0 Å². The lowest BCUT2D eigenvalue weighted by Crippen LogP contribution is -2.01. The lowest BCUT2D eigenvalue weighted by molar-refractivity contribution is 0.0594. The number of aryl methyl sites for hydroxylation is 1. The van der Waals surface area contributed by atoms with Gasteiger partial charge in [-0.1, -0.05) is 13.3 Å². The van der Waals surface area contributed by atoms with Crippen molar-refractivity contribution in [2.75, 3.05) is 7.11 Å². The van der Waals surface area contributed by atoms with Crippen molar-refractivity contribution in [2.24, 2.45) is 0 Å². The van der Waals surface area contributed by atoms with Gasteiger partial charge in [-0.3, -0.25) is 0 Å². The van der Waals surface area contributed by atoms with Crippen LogP contribution in [0.25, 0.3) is 0 Å². The quantitative estimate of drug-likeness (QED) is 0.668. The zero-order valence-electron chi connectivity index (χ0n) is 7.87. The fourth-order valence-electron chi connectivity index (χ4n) is 0.952. The molecule has 0 amide bonds. The van der Waals surface area contributed by atoms with Gasteiger partial charge in [0.15, 0.2) is 11.6 Å². The summed E-state index contributed by atoms with van der Waals surface area (Å²) in [6.45, 7) is 2.09. The van der Waals surface area contributed by atoms with Gasteiger partial charge >= 0.3 is 5.97 Å². The maximum Gasteiger partial charge on any atom is 0.360 e. The van der Waals surface area contributed by atoms with Crippen LogP contribution in [0.4, 0.5) is 0 Å². The summed E-state index contributed by atoms with van der Waals surface area (Å²) in [5.74, 6) is 0.147. The zero-order chi connectivity index (χ0) is 9.68. The SMILES string of the molecule is CCCCc1nc(C(=O)OC)co1. The largest absolute Gasteiger partial charge is 0.464 e. The van der Waals surface area contributed by atoms with E-state index in [1.807, 2.05) is 0 Å². The number of hydrogen-bond donors (Lipinski definition) is 0. The molecule has 0 aromatic carbocycles. The Kier molecular flexibility index (Phi) is 3.49. The second kappa shape index (κ2) is 4.64. The van der Waals surface area contributed by atoms with E-state index < -0.39 is 5.97 Å². The number of carbonyl (C=O) groups excluding carboxylic acids is 1. The molecule has 1 heterocycles. The maximum absolute atomic E-state index is 11.0. The Balaban J connectivity index is 2.58. The maximum atomic E-state index is 11.0. The fraction of sp³-hybridized carbons (Fsp3) is 0.556. The molecule has 4 nitrogen and oxygen atoms in total. The van der Waals surface area contributed by atoms with Crippen molar-refractivity contribution in [1.29, 1.82) is 0 Å². The van der Waals surface area contributed by atoms with Gasteiger partial charge in [0.05, 0.1) is 7.11 Å². The standard InChI is InChI=1S/C9H13NO3/c1-3-4-5-8-10-7(6-13-8)9(11)12-2/h6H,3-5H2,1-2H3. The van der Waals surface area contributed by atoms with Crippen molar-refractivity contribution in [1.82, 2.24) is 4.98 Å². The molecule has 0 saturated heterocycles. The second-order valence-electron chi connectivity index (χ2n) is 2.72. The van der Waals surface area contributed by atoms with E-state index >= 15 is 0 Å². The van der Waals surface area contributed by atoms with Crippen LogP contribution in [0.2, 0.25) is 0 Å².